The summed E-state index contributed by atoms with van der Waals surface area (Å²) in [5.74, 6) is 1.32. The minimum atomic E-state index is 0.331. The van der Waals surface area contributed by atoms with E-state index in [1.54, 1.807) is 11.1 Å². The third kappa shape index (κ3) is 2.01. The molecule has 2 aliphatic heterocycles. The van der Waals surface area contributed by atoms with Crippen LogP contribution >= 0.6 is 0 Å². The molecule has 1 fully saturated rings. The van der Waals surface area contributed by atoms with Gasteiger partial charge in [-0.3, -0.25) is 4.90 Å². The molecule has 1 aliphatic carbocycles. The number of hydrogen-bond acceptors (Lipinski definition) is 3. The van der Waals surface area contributed by atoms with E-state index in [1.807, 2.05) is 0 Å². The molecule has 3 heteroatoms. The topological polar surface area (TPSA) is 41.3 Å². The Morgan fingerprint density at radius 2 is 2.14 bits per heavy atom. The van der Waals surface area contributed by atoms with Crippen molar-refractivity contribution in [2.24, 2.45) is 5.73 Å². The van der Waals surface area contributed by atoms with Crippen LogP contribution in [0.15, 0.2) is 18.2 Å². The third-order valence-corrected chi connectivity index (χ3v) is 5.86. The summed E-state index contributed by atoms with van der Waals surface area (Å²) in [4.78, 5) is 2.68. The van der Waals surface area contributed by atoms with Crippen molar-refractivity contribution in [2.75, 3.05) is 18.4 Å². The van der Waals surface area contributed by atoms with Gasteiger partial charge >= 0.3 is 0 Å². The summed E-state index contributed by atoms with van der Waals surface area (Å²) in [6.45, 7) is 6.90. The van der Waals surface area contributed by atoms with E-state index in [0.29, 0.717) is 30.0 Å². The summed E-state index contributed by atoms with van der Waals surface area (Å²) in [5, 5.41) is 3.70. The first kappa shape index (κ1) is 13.6. The normalized spacial score (nSPS) is 37.8. The number of hydrogen-bond donors (Lipinski definition) is 2. The predicted molar refractivity (Wildman–Crippen MR) is 87.9 cm³/mol. The molecule has 5 atom stereocenters. The lowest BCUT2D eigenvalue weighted by Crippen LogP contribution is -2.54. The van der Waals surface area contributed by atoms with Gasteiger partial charge in [0.2, 0.25) is 0 Å². The number of nitrogens with two attached hydrogens (primary N) is 1. The van der Waals surface area contributed by atoms with Gasteiger partial charge in [-0.05, 0) is 49.9 Å². The zero-order valence-electron chi connectivity index (χ0n) is 13.2. The maximum absolute atomic E-state index is 6.38. The van der Waals surface area contributed by atoms with Crippen LogP contribution < -0.4 is 11.1 Å². The van der Waals surface area contributed by atoms with E-state index < -0.39 is 0 Å². The van der Waals surface area contributed by atoms with Gasteiger partial charge < -0.3 is 11.1 Å². The Labute approximate surface area is 127 Å². The molecular weight excluding hydrogens is 258 g/mol. The summed E-state index contributed by atoms with van der Waals surface area (Å²) >= 11 is 0. The summed E-state index contributed by atoms with van der Waals surface area (Å²) in [6, 6.07) is 8.44. The average molecular weight is 285 g/mol. The minimum Gasteiger partial charge on any atom is -0.382 e. The van der Waals surface area contributed by atoms with Crippen molar-refractivity contribution in [1.29, 1.82) is 0 Å². The summed E-state index contributed by atoms with van der Waals surface area (Å²) in [6.07, 6.45) is 3.68. The van der Waals surface area contributed by atoms with Crippen LogP contribution in [0.25, 0.3) is 0 Å². The Balaban J connectivity index is 1.77. The minimum absolute atomic E-state index is 0.331. The van der Waals surface area contributed by atoms with Crippen LogP contribution in [0, 0.1) is 0 Å². The molecule has 3 N–H and O–H groups in total. The van der Waals surface area contributed by atoms with Gasteiger partial charge in [-0.15, -0.1) is 0 Å². The molecule has 0 spiro atoms. The summed E-state index contributed by atoms with van der Waals surface area (Å²) in [7, 11) is 0. The number of nitrogens with zero attached hydrogens (tertiary/aromatic N) is 1. The first-order chi connectivity index (χ1) is 10.2. The number of rotatable bonds is 2. The molecule has 21 heavy (non-hydrogen) atoms. The molecule has 0 radical (unpaired) electrons. The fraction of sp³-hybridized carbons (Fsp3) is 0.667. The quantitative estimate of drug-likeness (QED) is 0.878. The van der Waals surface area contributed by atoms with E-state index in [1.165, 1.54) is 25.1 Å². The molecule has 0 amide bonds. The zero-order valence-corrected chi connectivity index (χ0v) is 13.2. The van der Waals surface area contributed by atoms with E-state index in [2.05, 4.69) is 42.3 Å². The molecule has 0 saturated carbocycles. The Morgan fingerprint density at radius 3 is 2.95 bits per heavy atom. The van der Waals surface area contributed by atoms with Crippen LogP contribution in [0.3, 0.4) is 0 Å². The van der Waals surface area contributed by atoms with Crippen LogP contribution in [-0.4, -0.2) is 36.1 Å². The van der Waals surface area contributed by atoms with Gasteiger partial charge in [-0.2, -0.15) is 0 Å². The van der Waals surface area contributed by atoms with E-state index in [9.17, 15) is 0 Å². The Morgan fingerprint density at radius 1 is 1.29 bits per heavy atom. The van der Waals surface area contributed by atoms with Gasteiger partial charge in [-0.1, -0.05) is 19.1 Å². The highest BCUT2D eigenvalue weighted by molar-refractivity contribution is 5.64. The molecule has 1 aromatic carbocycles. The number of likely N-dealkylation sites (tertiary alicyclic amines) is 1. The number of anilines is 1. The molecule has 0 aromatic heterocycles. The van der Waals surface area contributed by atoms with Crippen molar-refractivity contribution < 1.29 is 0 Å². The summed E-state index contributed by atoms with van der Waals surface area (Å²) < 4.78 is 0. The van der Waals surface area contributed by atoms with E-state index in [-0.39, 0.29) is 0 Å². The molecule has 2 heterocycles. The smallest absolute Gasteiger partial charge is 0.0381 e. The lowest BCUT2D eigenvalue weighted by atomic mass is 9.68. The Hall–Kier alpha value is -1.06. The number of nitrogens with one attached hydrogen (secondary N) is 1. The molecule has 1 saturated heterocycles. The van der Waals surface area contributed by atoms with Crippen LogP contribution in [0.1, 0.15) is 56.1 Å². The molecule has 114 valence electrons. The van der Waals surface area contributed by atoms with Gasteiger partial charge in [0, 0.05) is 42.2 Å². The monoisotopic (exact) mass is 285 g/mol. The highest BCUT2D eigenvalue weighted by Gasteiger charge is 2.45. The molecular formula is C18H27N3. The first-order valence-electron chi connectivity index (χ1n) is 8.58. The van der Waals surface area contributed by atoms with Crippen LogP contribution in [0.5, 0.6) is 0 Å². The van der Waals surface area contributed by atoms with Gasteiger partial charge in [0.25, 0.3) is 0 Å². The van der Waals surface area contributed by atoms with Crippen molar-refractivity contribution in [3.05, 3.63) is 29.3 Å². The SMILES string of the molecule is CCCN1C[C@@H](N)C[C@@H]2c3cccc4c3[C@H](C[C@H]21)C(C)N4. The largest absolute Gasteiger partial charge is 0.382 e. The van der Waals surface area contributed by atoms with Gasteiger partial charge in [0.15, 0.2) is 0 Å². The number of fused-ring (bicyclic) bond motifs is 2. The standard InChI is InChI=1S/C18H27N3/c1-3-7-21-10-12(19)8-15-13-5-4-6-16-18(13)14(9-17(15)21)11(2)20-16/h4-6,11-12,14-15,17,20H,3,7-10,19H2,1-2H3/t11?,12-,14+,15+,17+/m0/s1. The van der Waals surface area contributed by atoms with Gasteiger partial charge in [0.1, 0.15) is 0 Å². The van der Waals surface area contributed by atoms with Crippen LogP contribution in [0.4, 0.5) is 5.69 Å². The van der Waals surface area contributed by atoms with Gasteiger partial charge in [-0.25, -0.2) is 0 Å². The Kier molecular flexibility index (Phi) is 3.23. The fourth-order valence-electron chi connectivity index (χ4n) is 5.06. The highest BCUT2D eigenvalue weighted by atomic mass is 15.2. The number of piperidine rings is 1. The predicted octanol–water partition coefficient (Wildman–Crippen LogP) is 2.88. The molecule has 4 rings (SSSR count). The maximum Gasteiger partial charge on any atom is 0.0381 e. The van der Waals surface area contributed by atoms with E-state index in [0.717, 1.165) is 13.0 Å². The second-order valence-corrected chi connectivity index (χ2v) is 7.25. The van der Waals surface area contributed by atoms with Crippen molar-refractivity contribution in [3.63, 3.8) is 0 Å². The lowest BCUT2D eigenvalue weighted by molar-refractivity contribution is 0.0918. The van der Waals surface area contributed by atoms with Crippen molar-refractivity contribution in [3.8, 4) is 0 Å². The van der Waals surface area contributed by atoms with E-state index in [4.69, 9.17) is 5.73 Å². The second kappa shape index (κ2) is 4.99. The van der Waals surface area contributed by atoms with Crippen molar-refractivity contribution >= 4 is 5.69 Å². The third-order valence-electron chi connectivity index (χ3n) is 5.86. The fourth-order valence-corrected chi connectivity index (χ4v) is 5.06. The lowest BCUT2D eigenvalue weighted by Gasteiger charge is -2.48. The molecule has 1 aromatic rings. The molecule has 3 nitrogen and oxygen atoms in total. The van der Waals surface area contributed by atoms with Crippen molar-refractivity contribution in [2.45, 2.75) is 63.1 Å². The van der Waals surface area contributed by atoms with Gasteiger partial charge in [0.05, 0.1) is 0 Å². The maximum atomic E-state index is 6.38. The summed E-state index contributed by atoms with van der Waals surface area (Å²) in [5.41, 5.74) is 11.0. The first-order valence-corrected chi connectivity index (χ1v) is 8.58. The van der Waals surface area contributed by atoms with Crippen molar-refractivity contribution in [1.82, 2.24) is 4.90 Å². The second-order valence-electron chi connectivity index (χ2n) is 7.25. The Bertz CT molecular complexity index is 541. The zero-order chi connectivity index (χ0) is 14.6. The van der Waals surface area contributed by atoms with Crippen LogP contribution in [-0.2, 0) is 0 Å². The highest BCUT2D eigenvalue weighted by Crippen LogP contribution is 2.51. The molecule has 3 aliphatic rings. The number of benzene rings is 1. The molecule has 0 bridgehead atoms. The van der Waals surface area contributed by atoms with E-state index >= 15 is 0 Å². The van der Waals surface area contributed by atoms with Crippen LogP contribution in [0.2, 0.25) is 0 Å². The average Bonchev–Trinajstić information content (AvgIpc) is 2.78. The molecule has 1 unspecified atom stereocenters.